The van der Waals surface area contributed by atoms with Gasteiger partial charge in [-0.15, -0.1) is 0 Å². The first-order valence-electron chi connectivity index (χ1n) is 9.02. The van der Waals surface area contributed by atoms with Crippen molar-refractivity contribution in [2.75, 3.05) is 0 Å². The van der Waals surface area contributed by atoms with Gasteiger partial charge < -0.3 is 5.73 Å². The molecule has 0 saturated carbocycles. The summed E-state index contributed by atoms with van der Waals surface area (Å²) in [6, 6.07) is 4.59. The third-order valence-electron chi connectivity index (χ3n) is 4.90. The van der Waals surface area contributed by atoms with Crippen LogP contribution in [0.2, 0.25) is 0 Å². The number of nitrogens with zero attached hydrogens (tertiary/aromatic N) is 1. The summed E-state index contributed by atoms with van der Waals surface area (Å²) in [6.07, 6.45) is 16.3. The van der Waals surface area contributed by atoms with Crippen molar-refractivity contribution >= 4 is 0 Å². The van der Waals surface area contributed by atoms with Crippen LogP contribution < -0.4 is 5.73 Å². The Balaban J connectivity index is 1.71. The first kappa shape index (κ1) is 16.5. The fraction of sp³-hybridized carbons (Fsp3) is 0.737. The van der Waals surface area contributed by atoms with E-state index >= 15 is 0 Å². The van der Waals surface area contributed by atoms with Crippen LogP contribution in [0.3, 0.4) is 0 Å². The summed E-state index contributed by atoms with van der Waals surface area (Å²) >= 11 is 0. The molecule has 1 heterocycles. The van der Waals surface area contributed by atoms with Crippen LogP contribution in [0.1, 0.15) is 88.3 Å². The maximum Gasteiger partial charge on any atom is 0.0481 e. The Morgan fingerprint density at radius 2 is 1.95 bits per heavy atom. The van der Waals surface area contributed by atoms with Crippen LogP contribution in [-0.4, -0.2) is 11.0 Å². The highest BCUT2D eigenvalue weighted by atomic mass is 14.7. The van der Waals surface area contributed by atoms with Crippen LogP contribution in [-0.2, 0) is 6.42 Å². The predicted octanol–water partition coefficient (Wildman–Crippen LogP) is 4.97. The molecule has 0 saturated heterocycles. The summed E-state index contributed by atoms with van der Waals surface area (Å²) in [5, 5.41) is 0. The molecule has 2 heteroatoms. The lowest BCUT2D eigenvalue weighted by molar-refractivity contribution is 0.416. The number of rotatable bonds is 9. The van der Waals surface area contributed by atoms with Crippen molar-refractivity contribution in [3.05, 3.63) is 29.6 Å². The number of unbranched alkanes of at least 4 members (excludes halogenated alkanes) is 6. The van der Waals surface area contributed by atoms with Gasteiger partial charge >= 0.3 is 0 Å². The Kier molecular flexibility index (Phi) is 7.21. The fourth-order valence-corrected chi connectivity index (χ4v) is 3.60. The lowest BCUT2D eigenvalue weighted by Crippen LogP contribution is -2.31. The summed E-state index contributed by atoms with van der Waals surface area (Å²) < 4.78 is 0. The van der Waals surface area contributed by atoms with Crippen LogP contribution in [0.5, 0.6) is 0 Å². The van der Waals surface area contributed by atoms with Crippen molar-refractivity contribution in [1.82, 2.24) is 4.98 Å². The van der Waals surface area contributed by atoms with E-state index in [0.29, 0.717) is 12.0 Å². The minimum Gasteiger partial charge on any atom is -0.327 e. The molecule has 0 spiro atoms. The number of aromatic nitrogens is 1. The molecule has 118 valence electrons. The van der Waals surface area contributed by atoms with Crippen LogP contribution in [0.25, 0.3) is 0 Å². The quantitative estimate of drug-likeness (QED) is 0.652. The zero-order chi connectivity index (χ0) is 14.9. The van der Waals surface area contributed by atoms with E-state index in [2.05, 4.69) is 24.0 Å². The van der Waals surface area contributed by atoms with Gasteiger partial charge in [0.1, 0.15) is 0 Å². The molecule has 2 N–H and O–H groups in total. The van der Waals surface area contributed by atoms with Gasteiger partial charge in [0.05, 0.1) is 0 Å². The second-order valence-electron chi connectivity index (χ2n) is 6.62. The lowest BCUT2D eigenvalue weighted by atomic mass is 9.80. The molecule has 2 nitrogen and oxygen atoms in total. The summed E-state index contributed by atoms with van der Waals surface area (Å²) in [4.78, 5) is 4.62. The predicted molar refractivity (Wildman–Crippen MR) is 90.5 cm³/mol. The fourth-order valence-electron chi connectivity index (χ4n) is 3.60. The van der Waals surface area contributed by atoms with Crippen LogP contribution >= 0.6 is 0 Å². The number of aryl methyl sites for hydroxylation is 1. The second kappa shape index (κ2) is 9.19. The zero-order valence-electron chi connectivity index (χ0n) is 13.7. The van der Waals surface area contributed by atoms with Crippen molar-refractivity contribution < 1.29 is 0 Å². The van der Waals surface area contributed by atoms with E-state index in [1.165, 1.54) is 75.5 Å². The Labute approximate surface area is 130 Å². The number of hydrogen-bond donors (Lipinski definition) is 1. The highest BCUT2D eigenvalue weighted by molar-refractivity contribution is 5.27. The molecule has 0 aliphatic heterocycles. The van der Waals surface area contributed by atoms with Crippen molar-refractivity contribution in [3.63, 3.8) is 0 Å². The summed E-state index contributed by atoms with van der Waals surface area (Å²) in [5.41, 5.74) is 9.21. The molecule has 0 aromatic carbocycles. The number of fused-ring (bicyclic) bond motifs is 1. The molecular weight excluding hydrogens is 256 g/mol. The smallest absolute Gasteiger partial charge is 0.0481 e. The summed E-state index contributed by atoms with van der Waals surface area (Å²) in [7, 11) is 0. The Morgan fingerprint density at radius 3 is 2.76 bits per heavy atom. The van der Waals surface area contributed by atoms with Gasteiger partial charge in [-0.1, -0.05) is 57.9 Å². The van der Waals surface area contributed by atoms with E-state index in [0.717, 1.165) is 6.42 Å². The average molecular weight is 288 g/mol. The first-order chi connectivity index (χ1) is 10.3. The van der Waals surface area contributed by atoms with Gasteiger partial charge in [-0.2, -0.15) is 0 Å². The SMILES string of the molecule is CCCCCCCCCC(N)C1CCCc2cccnc21. The molecule has 0 bridgehead atoms. The summed E-state index contributed by atoms with van der Waals surface area (Å²) in [5.74, 6) is 0.495. The molecule has 0 amide bonds. The van der Waals surface area contributed by atoms with Gasteiger partial charge in [0.25, 0.3) is 0 Å². The molecule has 1 aromatic heterocycles. The Morgan fingerprint density at radius 1 is 1.19 bits per heavy atom. The Bertz CT molecular complexity index is 402. The first-order valence-corrected chi connectivity index (χ1v) is 9.02. The molecule has 1 aliphatic rings. The van der Waals surface area contributed by atoms with Crippen molar-refractivity contribution in [1.29, 1.82) is 0 Å². The van der Waals surface area contributed by atoms with Gasteiger partial charge in [-0.3, -0.25) is 4.98 Å². The van der Waals surface area contributed by atoms with Gasteiger partial charge in [-0.25, -0.2) is 0 Å². The molecule has 1 aliphatic carbocycles. The van der Waals surface area contributed by atoms with Gasteiger partial charge in [-0.05, 0) is 37.3 Å². The highest BCUT2D eigenvalue weighted by Crippen LogP contribution is 2.33. The third-order valence-corrected chi connectivity index (χ3v) is 4.90. The zero-order valence-corrected chi connectivity index (χ0v) is 13.7. The lowest BCUT2D eigenvalue weighted by Gasteiger charge is -2.29. The van der Waals surface area contributed by atoms with E-state index in [1.807, 2.05) is 6.20 Å². The van der Waals surface area contributed by atoms with Crippen molar-refractivity contribution in [2.45, 2.75) is 89.5 Å². The minimum absolute atomic E-state index is 0.301. The Hall–Kier alpha value is -0.890. The molecule has 21 heavy (non-hydrogen) atoms. The number of pyridine rings is 1. The topological polar surface area (TPSA) is 38.9 Å². The average Bonchev–Trinajstić information content (AvgIpc) is 2.53. The minimum atomic E-state index is 0.301. The molecular formula is C19H32N2. The molecule has 2 unspecified atom stereocenters. The molecule has 2 rings (SSSR count). The molecule has 0 radical (unpaired) electrons. The van der Waals surface area contributed by atoms with E-state index in [-0.39, 0.29) is 0 Å². The molecule has 0 fully saturated rings. The monoisotopic (exact) mass is 288 g/mol. The standard InChI is InChI=1S/C19H32N2/c1-2-3-4-5-6-7-8-14-18(20)17-13-9-11-16-12-10-15-21-19(16)17/h10,12,15,17-18H,2-9,11,13-14,20H2,1H3. The van der Waals surface area contributed by atoms with Crippen LogP contribution in [0, 0.1) is 0 Å². The van der Waals surface area contributed by atoms with Crippen molar-refractivity contribution in [2.24, 2.45) is 5.73 Å². The maximum atomic E-state index is 6.49. The number of nitrogens with two attached hydrogens (primary N) is 1. The second-order valence-corrected chi connectivity index (χ2v) is 6.62. The maximum absolute atomic E-state index is 6.49. The normalized spacial score (nSPS) is 19.2. The summed E-state index contributed by atoms with van der Waals surface area (Å²) in [6.45, 7) is 2.27. The van der Waals surface area contributed by atoms with Crippen LogP contribution in [0.4, 0.5) is 0 Å². The molecule has 1 aromatic rings. The number of hydrogen-bond acceptors (Lipinski definition) is 2. The van der Waals surface area contributed by atoms with E-state index < -0.39 is 0 Å². The van der Waals surface area contributed by atoms with Gasteiger partial charge in [0.15, 0.2) is 0 Å². The van der Waals surface area contributed by atoms with Crippen molar-refractivity contribution in [3.8, 4) is 0 Å². The van der Waals surface area contributed by atoms with E-state index in [1.54, 1.807) is 0 Å². The third kappa shape index (κ3) is 5.10. The van der Waals surface area contributed by atoms with Crippen LogP contribution in [0.15, 0.2) is 18.3 Å². The molecule has 2 atom stereocenters. The van der Waals surface area contributed by atoms with E-state index in [4.69, 9.17) is 5.73 Å². The van der Waals surface area contributed by atoms with Gasteiger partial charge in [0, 0.05) is 23.9 Å². The highest BCUT2D eigenvalue weighted by Gasteiger charge is 2.26. The van der Waals surface area contributed by atoms with E-state index in [9.17, 15) is 0 Å². The van der Waals surface area contributed by atoms with Gasteiger partial charge in [0.2, 0.25) is 0 Å². The largest absolute Gasteiger partial charge is 0.327 e.